The molecule has 0 saturated carbocycles. The Morgan fingerprint density at radius 1 is 0.600 bits per heavy atom. The third-order valence-corrected chi connectivity index (χ3v) is 7.99. The first-order valence-corrected chi connectivity index (χ1v) is 17.6. The zero-order valence-electron chi connectivity index (χ0n) is 27.0. The molecule has 0 unspecified atom stereocenters. The van der Waals surface area contributed by atoms with Gasteiger partial charge in [-0.1, -0.05) is 154 Å². The molecule has 0 spiro atoms. The van der Waals surface area contributed by atoms with Crippen molar-refractivity contribution in [2.24, 2.45) is 5.73 Å². The molecule has 0 radical (unpaired) electrons. The predicted molar refractivity (Wildman–Crippen MR) is 177 cm³/mol. The summed E-state index contributed by atoms with van der Waals surface area (Å²) in [5.74, 6) is 0.00545. The van der Waals surface area contributed by atoms with Crippen molar-refractivity contribution in [1.29, 1.82) is 0 Å². The third kappa shape index (κ3) is 28.4. The predicted octanol–water partition coefficient (Wildman–Crippen LogP) is 10.1. The van der Waals surface area contributed by atoms with Crippen molar-refractivity contribution >= 4 is 5.91 Å². The molecule has 0 aliphatic rings. The van der Waals surface area contributed by atoms with Crippen molar-refractivity contribution in [3.8, 4) is 0 Å². The molecule has 2 atom stereocenters. The Kier molecular flexibility index (Phi) is 31.5. The van der Waals surface area contributed by atoms with Gasteiger partial charge < -0.3 is 16.2 Å². The molecular formula is C36H70N2O2. The molecule has 0 saturated heterocycles. The van der Waals surface area contributed by atoms with Crippen molar-refractivity contribution in [3.05, 3.63) is 24.3 Å². The van der Waals surface area contributed by atoms with Crippen molar-refractivity contribution in [1.82, 2.24) is 5.32 Å². The summed E-state index contributed by atoms with van der Waals surface area (Å²) in [7, 11) is 0. The van der Waals surface area contributed by atoms with Gasteiger partial charge in [0.1, 0.15) is 0 Å². The second-order valence-electron chi connectivity index (χ2n) is 12.0. The van der Waals surface area contributed by atoms with Gasteiger partial charge >= 0.3 is 0 Å². The average Bonchev–Trinajstić information content (AvgIpc) is 2.96. The maximum absolute atomic E-state index is 12.3. The summed E-state index contributed by atoms with van der Waals surface area (Å²) in [5, 5.41) is 13.4. The molecule has 1 amide bonds. The van der Waals surface area contributed by atoms with Gasteiger partial charge in [0.15, 0.2) is 0 Å². The number of hydrogen-bond acceptors (Lipinski definition) is 3. The van der Waals surface area contributed by atoms with Crippen LogP contribution in [0.15, 0.2) is 24.3 Å². The summed E-state index contributed by atoms with van der Waals surface area (Å²) in [5.41, 5.74) is 5.84. The fourth-order valence-corrected chi connectivity index (χ4v) is 5.22. The van der Waals surface area contributed by atoms with Crippen LogP contribution in [-0.2, 0) is 4.79 Å². The molecule has 0 bridgehead atoms. The number of nitrogens with one attached hydrogen (secondary N) is 1. The molecule has 4 N–H and O–H groups in total. The van der Waals surface area contributed by atoms with Crippen molar-refractivity contribution < 1.29 is 9.90 Å². The van der Waals surface area contributed by atoms with E-state index in [2.05, 4.69) is 37.4 Å². The van der Waals surface area contributed by atoms with Crippen LogP contribution in [0.25, 0.3) is 0 Å². The number of aliphatic hydroxyl groups excluding tert-OH is 1. The number of hydrogen-bond donors (Lipinski definition) is 3. The SMILES string of the molecule is CCCCCCCC/C=C\CCCCCCCC(=O)N[C@@H](CN)[C@H](O)/C=C/CCCCCCCCCCCCC. The fraction of sp³-hybridized carbons (Fsp3) is 0.861. The largest absolute Gasteiger partial charge is 0.387 e. The van der Waals surface area contributed by atoms with Crippen LogP contribution in [-0.4, -0.2) is 29.7 Å². The van der Waals surface area contributed by atoms with Gasteiger partial charge in [0.2, 0.25) is 5.91 Å². The molecule has 4 nitrogen and oxygen atoms in total. The average molecular weight is 563 g/mol. The van der Waals surface area contributed by atoms with E-state index in [4.69, 9.17) is 5.73 Å². The van der Waals surface area contributed by atoms with Crippen LogP contribution in [0.4, 0.5) is 0 Å². The number of amides is 1. The van der Waals surface area contributed by atoms with E-state index in [0.717, 1.165) is 25.7 Å². The minimum Gasteiger partial charge on any atom is -0.387 e. The van der Waals surface area contributed by atoms with Crippen molar-refractivity contribution in [3.63, 3.8) is 0 Å². The van der Waals surface area contributed by atoms with Gasteiger partial charge in [-0.25, -0.2) is 0 Å². The normalized spacial score (nSPS) is 13.4. The van der Waals surface area contributed by atoms with E-state index in [9.17, 15) is 9.90 Å². The number of rotatable bonds is 31. The van der Waals surface area contributed by atoms with E-state index in [0.29, 0.717) is 6.42 Å². The fourth-order valence-electron chi connectivity index (χ4n) is 5.22. The Morgan fingerprint density at radius 3 is 1.40 bits per heavy atom. The smallest absolute Gasteiger partial charge is 0.220 e. The van der Waals surface area contributed by atoms with Gasteiger partial charge in [0, 0.05) is 13.0 Å². The van der Waals surface area contributed by atoms with Crippen LogP contribution in [0.3, 0.4) is 0 Å². The Balaban J connectivity index is 3.65. The van der Waals surface area contributed by atoms with E-state index in [1.54, 1.807) is 0 Å². The molecular weight excluding hydrogens is 492 g/mol. The summed E-state index contributed by atoms with van der Waals surface area (Å²) in [6, 6.07) is -0.399. The lowest BCUT2D eigenvalue weighted by Crippen LogP contribution is -2.47. The molecule has 0 aromatic heterocycles. The highest BCUT2D eigenvalue weighted by Crippen LogP contribution is 2.13. The van der Waals surface area contributed by atoms with Gasteiger partial charge in [-0.3, -0.25) is 4.79 Å². The number of carbonyl (C=O) groups excluding carboxylic acids is 1. The minimum atomic E-state index is -0.712. The Morgan fingerprint density at radius 2 is 0.975 bits per heavy atom. The highest BCUT2D eigenvalue weighted by molar-refractivity contribution is 5.76. The lowest BCUT2D eigenvalue weighted by Gasteiger charge is -2.20. The van der Waals surface area contributed by atoms with Crippen molar-refractivity contribution in [2.45, 2.75) is 193 Å². The molecule has 0 aromatic carbocycles. The molecule has 40 heavy (non-hydrogen) atoms. The number of nitrogens with two attached hydrogens (primary N) is 1. The van der Waals surface area contributed by atoms with Gasteiger partial charge in [-0.15, -0.1) is 0 Å². The number of aliphatic hydroxyl groups is 1. The topological polar surface area (TPSA) is 75.4 Å². The highest BCUT2D eigenvalue weighted by Gasteiger charge is 2.17. The molecule has 0 aliphatic heterocycles. The lowest BCUT2D eigenvalue weighted by molar-refractivity contribution is -0.122. The van der Waals surface area contributed by atoms with Crippen LogP contribution < -0.4 is 11.1 Å². The minimum absolute atomic E-state index is 0.00545. The van der Waals surface area contributed by atoms with Crippen LogP contribution in [0.5, 0.6) is 0 Å². The Labute approximate surface area is 250 Å². The van der Waals surface area contributed by atoms with Crippen molar-refractivity contribution in [2.75, 3.05) is 6.54 Å². The molecule has 0 aliphatic carbocycles. The second-order valence-corrected chi connectivity index (χ2v) is 12.0. The first-order chi connectivity index (χ1) is 19.7. The van der Waals surface area contributed by atoms with E-state index >= 15 is 0 Å². The number of allylic oxidation sites excluding steroid dienone is 3. The third-order valence-electron chi connectivity index (χ3n) is 7.99. The van der Waals surface area contributed by atoms with Crippen LogP contribution in [0, 0.1) is 0 Å². The lowest BCUT2D eigenvalue weighted by atomic mass is 10.0. The first-order valence-electron chi connectivity index (χ1n) is 17.6. The van der Waals surface area contributed by atoms with Crippen LogP contribution >= 0.6 is 0 Å². The molecule has 0 aromatic rings. The molecule has 4 heteroatoms. The summed E-state index contributed by atoms with van der Waals surface area (Å²) in [6.45, 7) is 4.79. The highest BCUT2D eigenvalue weighted by atomic mass is 16.3. The van der Waals surface area contributed by atoms with Gasteiger partial charge in [0.05, 0.1) is 12.1 Å². The zero-order chi connectivity index (χ0) is 29.4. The monoisotopic (exact) mass is 563 g/mol. The van der Waals surface area contributed by atoms with E-state index in [1.165, 1.54) is 135 Å². The maximum atomic E-state index is 12.3. The van der Waals surface area contributed by atoms with Gasteiger partial charge in [-0.05, 0) is 44.9 Å². The first kappa shape index (κ1) is 38.9. The summed E-state index contributed by atoms with van der Waals surface area (Å²) in [4.78, 5) is 12.3. The molecule has 0 fully saturated rings. The quantitative estimate of drug-likeness (QED) is 0.0581. The van der Waals surface area contributed by atoms with Gasteiger partial charge in [-0.2, -0.15) is 0 Å². The zero-order valence-corrected chi connectivity index (χ0v) is 27.0. The Bertz CT molecular complexity index is 575. The van der Waals surface area contributed by atoms with Crippen LogP contribution in [0.1, 0.15) is 181 Å². The van der Waals surface area contributed by atoms with E-state index in [-0.39, 0.29) is 12.5 Å². The molecule has 236 valence electrons. The Hall–Kier alpha value is -1.13. The van der Waals surface area contributed by atoms with E-state index in [1.807, 2.05) is 6.08 Å². The summed E-state index contributed by atoms with van der Waals surface area (Å²) >= 11 is 0. The van der Waals surface area contributed by atoms with Crippen LogP contribution in [0.2, 0.25) is 0 Å². The number of unbranched alkanes of at least 4 members (excludes halogenated alkanes) is 22. The number of carbonyl (C=O) groups is 1. The maximum Gasteiger partial charge on any atom is 0.220 e. The molecule has 0 heterocycles. The standard InChI is InChI=1S/C36H70N2O2/c1-3-5-7-9-11-13-15-17-18-20-22-24-26-28-30-32-36(40)38-34(33-37)35(39)31-29-27-25-23-21-19-16-14-12-10-8-6-4-2/h17-18,29,31,34-35,39H,3-16,19-28,30,32-33,37H2,1-2H3,(H,38,40)/b18-17-,31-29+/t34-,35+/m0/s1. The van der Waals surface area contributed by atoms with Gasteiger partial charge in [0.25, 0.3) is 0 Å². The second kappa shape index (κ2) is 32.4. The molecule has 0 rings (SSSR count). The summed E-state index contributed by atoms with van der Waals surface area (Å²) < 4.78 is 0. The summed E-state index contributed by atoms with van der Waals surface area (Å²) in [6.07, 6.45) is 40.4. The van der Waals surface area contributed by atoms with E-state index < -0.39 is 12.1 Å².